The van der Waals surface area contributed by atoms with Gasteiger partial charge in [-0.05, 0) is 28.1 Å². The summed E-state index contributed by atoms with van der Waals surface area (Å²) in [6.07, 6.45) is 0. The van der Waals surface area contributed by atoms with Crippen molar-refractivity contribution in [3.8, 4) is 10.7 Å². The van der Waals surface area contributed by atoms with Gasteiger partial charge in [-0.3, -0.25) is 4.79 Å². The summed E-state index contributed by atoms with van der Waals surface area (Å²) in [7, 11) is 0. The number of aromatic amines is 1. The van der Waals surface area contributed by atoms with Gasteiger partial charge in [-0.2, -0.15) is 5.10 Å². The molecule has 4 nitrogen and oxygen atoms in total. The summed E-state index contributed by atoms with van der Waals surface area (Å²) >= 11 is 4.29. The summed E-state index contributed by atoms with van der Waals surface area (Å²) in [5.41, 5.74) is 0.692. The van der Waals surface area contributed by atoms with Crippen LogP contribution in [0.2, 0.25) is 0 Å². The molecular weight excluding hydrogens is 254 g/mol. The molecule has 0 fully saturated rings. The fourth-order valence-electron chi connectivity index (χ4n) is 0.867. The second-order valence-corrected chi connectivity index (χ2v) is 4.04. The lowest BCUT2D eigenvalue weighted by atomic mass is 10.4. The molecule has 6 heteroatoms. The van der Waals surface area contributed by atoms with Crippen LogP contribution in [0, 0.1) is 0 Å². The van der Waals surface area contributed by atoms with Crippen LogP contribution in [0.4, 0.5) is 0 Å². The minimum absolute atomic E-state index is 0.170. The average Bonchev–Trinajstić information content (AvgIpc) is 2.52. The van der Waals surface area contributed by atoms with E-state index in [9.17, 15) is 4.79 Å². The van der Waals surface area contributed by atoms with Gasteiger partial charge in [-0.15, -0.1) is 0 Å². The molecule has 0 aromatic carbocycles. The van der Waals surface area contributed by atoms with Crippen LogP contribution in [0.15, 0.2) is 27.6 Å². The van der Waals surface area contributed by atoms with Crippen LogP contribution in [0.1, 0.15) is 0 Å². The zero-order valence-electron chi connectivity index (χ0n) is 6.32. The zero-order valence-corrected chi connectivity index (χ0v) is 8.72. The van der Waals surface area contributed by atoms with Crippen LogP contribution < -0.4 is 4.87 Å². The predicted octanol–water partition coefficient (Wildman–Crippen LogP) is 1.66. The Morgan fingerprint density at radius 3 is 2.92 bits per heavy atom. The van der Waals surface area contributed by atoms with Crippen LogP contribution in [-0.4, -0.2) is 15.2 Å². The number of rotatable bonds is 1. The first-order valence-electron chi connectivity index (χ1n) is 3.44. The maximum Gasteiger partial charge on any atom is 0.322 e. The summed E-state index contributed by atoms with van der Waals surface area (Å²) in [6.45, 7) is 0. The number of nitrogens with one attached hydrogen (secondary N) is 1. The Morgan fingerprint density at radius 2 is 2.31 bits per heavy atom. The molecule has 0 radical (unpaired) electrons. The van der Waals surface area contributed by atoms with E-state index in [-0.39, 0.29) is 4.87 Å². The molecule has 0 atom stereocenters. The van der Waals surface area contributed by atoms with Crippen LogP contribution >= 0.6 is 27.3 Å². The Labute approximate surface area is 85.8 Å². The molecule has 2 aromatic rings. The number of aromatic nitrogens is 3. The molecule has 2 rings (SSSR count). The Hall–Kier alpha value is -1.01. The van der Waals surface area contributed by atoms with E-state index in [1.807, 2.05) is 12.1 Å². The fraction of sp³-hybridized carbons (Fsp3) is 0. The van der Waals surface area contributed by atoms with Crippen molar-refractivity contribution in [2.45, 2.75) is 0 Å². The predicted molar refractivity (Wildman–Crippen MR) is 53.7 cm³/mol. The lowest BCUT2D eigenvalue weighted by molar-refractivity contribution is 1.05. The van der Waals surface area contributed by atoms with Crippen molar-refractivity contribution in [2.24, 2.45) is 0 Å². The Kier molecular flexibility index (Phi) is 2.24. The fourth-order valence-corrected chi connectivity index (χ4v) is 1.79. The van der Waals surface area contributed by atoms with Crippen LogP contribution in [0.3, 0.4) is 0 Å². The molecule has 0 spiro atoms. The minimum atomic E-state index is -0.170. The molecule has 66 valence electrons. The van der Waals surface area contributed by atoms with Crippen molar-refractivity contribution < 1.29 is 0 Å². The molecule has 0 aliphatic carbocycles. The van der Waals surface area contributed by atoms with Crippen molar-refractivity contribution in [2.75, 3.05) is 0 Å². The van der Waals surface area contributed by atoms with Crippen molar-refractivity contribution in [3.63, 3.8) is 0 Å². The van der Waals surface area contributed by atoms with E-state index in [1.165, 1.54) is 0 Å². The highest BCUT2D eigenvalue weighted by Gasteiger charge is 2.04. The van der Waals surface area contributed by atoms with Gasteiger partial charge in [0.25, 0.3) is 0 Å². The zero-order chi connectivity index (χ0) is 9.26. The first-order chi connectivity index (χ1) is 6.25. The van der Waals surface area contributed by atoms with E-state index in [4.69, 9.17) is 0 Å². The molecule has 2 heterocycles. The second kappa shape index (κ2) is 3.39. The van der Waals surface area contributed by atoms with Gasteiger partial charge < -0.3 is 0 Å². The lowest BCUT2D eigenvalue weighted by Gasteiger charge is -1.93. The molecule has 0 unspecified atom stereocenters. The number of nitrogens with zero attached hydrogens (tertiary/aromatic N) is 2. The molecule has 0 aliphatic rings. The van der Waals surface area contributed by atoms with Crippen molar-refractivity contribution in [3.05, 3.63) is 32.5 Å². The van der Waals surface area contributed by atoms with Crippen LogP contribution in [0.5, 0.6) is 0 Å². The van der Waals surface area contributed by atoms with Crippen LogP contribution in [-0.2, 0) is 0 Å². The SMILES string of the molecule is O=c1[nH]nc(-c2cccc(Br)n2)s1. The van der Waals surface area contributed by atoms with E-state index in [2.05, 4.69) is 31.1 Å². The van der Waals surface area contributed by atoms with E-state index < -0.39 is 0 Å². The van der Waals surface area contributed by atoms with Crippen LogP contribution in [0.25, 0.3) is 10.7 Å². The van der Waals surface area contributed by atoms with E-state index in [0.717, 1.165) is 15.9 Å². The van der Waals surface area contributed by atoms with E-state index in [1.54, 1.807) is 6.07 Å². The highest BCUT2D eigenvalue weighted by atomic mass is 79.9. The molecule has 0 saturated heterocycles. The minimum Gasteiger partial charge on any atom is -0.255 e. The number of pyridine rings is 1. The summed E-state index contributed by atoms with van der Waals surface area (Å²) in [5, 5.41) is 6.77. The number of hydrogen-bond acceptors (Lipinski definition) is 4. The summed E-state index contributed by atoms with van der Waals surface area (Å²) in [5.74, 6) is 0. The van der Waals surface area contributed by atoms with Gasteiger partial charge in [0, 0.05) is 0 Å². The number of H-pyrrole nitrogens is 1. The third-order valence-electron chi connectivity index (χ3n) is 1.37. The van der Waals surface area contributed by atoms with Crippen molar-refractivity contribution >= 4 is 27.3 Å². The standard InChI is InChI=1S/C7H4BrN3OS/c8-5-3-1-2-4(9-5)6-10-11-7(12)13-6/h1-3H,(H,11,12). The Bertz CT molecular complexity index is 478. The van der Waals surface area contributed by atoms with Crippen molar-refractivity contribution in [1.29, 1.82) is 0 Å². The third kappa shape index (κ3) is 1.84. The Balaban J connectivity index is 2.52. The molecule has 1 N–H and O–H groups in total. The number of hydrogen-bond donors (Lipinski definition) is 1. The van der Waals surface area contributed by atoms with Gasteiger partial charge in [-0.25, -0.2) is 10.1 Å². The first-order valence-corrected chi connectivity index (χ1v) is 5.05. The van der Waals surface area contributed by atoms with Crippen molar-refractivity contribution in [1.82, 2.24) is 15.2 Å². The summed E-state index contributed by atoms with van der Waals surface area (Å²) < 4.78 is 0.729. The molecule has 0 saturated carbocycles. The topological polar surface area (TPSA) is 58.6 Å². The largest absolute Gasteiger partial charge is 0.322 e. The molecule has 0 amide bonds. The molecular formula is C7H4BrN3OS. The summed E-state index contributed by atoms with van der Waals surface area (Å²) in [6, 6.07) is 5.47. The van der Waals surface area contributed by atoms with Gasteiger partial charge in [0.1, 0.15) is 10.3 Å². The highest BCUT2D eigenvalue weighted by Crippen LogP contribution is 2.17. The highest BCUT2D eigenvalue weighted by molar-refractivity contribution is 9.10. The average molecular weight is 258 g/mol. The van der Waals surface area contributed by atoms with E-state index >= 15 is 0 Å². The van der Waals surface area contributed by atoms with Gasteiger partial charge in [0.2, 0.25) is 0 Å². The normalized spacial score (nSPS) is 10.2. The first kappa shape index (κ1) is 8.58. The quantitative estimate of drug-likeness (QED) is 0.791. The molecule has 2 aromatic heterocycles. The van der Waals surface area contributed by atoms with Gasteiger partial charge >= 0.3 is 4.87 Å². The maximum atomic E-state index is 10.8. The molecule has 0 aliphatic heterocycles. The smallest absolute Gasteiger partial charge is 0.255 e. The van der Waals surface area contributed by atoms with Gasteiger partial charge in [0.15, 0.2) is 5.01 Å². The summed E-state index contributed by atoms with van der Waals surface area (Å²) in [4.78, 5) is 14.8. The lowest BCUT2D eigenvalue weighted by Crippen LogP contribution is -1.90. The molecule has 13 heavy (non-hydrogen) atoms. The van der Waals surface area contributed by atoms with Gasteiger partial charge in [-0.1, -0.05) is 17.4 Å². The molecule has 0 bridgehead atoms. The number of halogens is 1. The third-order valence-corrected chi connectivity index (χ3v) is 2.58. The Morgan fingerprint density at radius 1 is 1.46 bits per heavy atom. The van der Waals surface area contributed by atoms with E-state index in [0.29, 0.717) is 10.7 Å². The maximum absolute atomic E-state index is 10.8. The second-order valence-electron chi connectivity index (χ2n) is 2.26. The monoisotopic (exact) mass is 257 g/mol. The van der Waals surface area contributed by atoms with Gasteiger partial charge in [0.05, 0.1) is 0 Å².